The van der Waals surface area contributed by atoms with Crippen LogP contribution < -0.4 is 10.1 Å². The minimum absolute atomic E-state index is 0. The van der Waals surface area contributed by atoms with Crippen molar-refractivity contribution in [1.82, 2.24) is 4.90 Å². The van der Waals surface area contributed by atoms with Crippen LogP contribution in [0.2, 0.25) is 0 Å². The number of hydrogen-bond acceptors (Lipinski definition) is 4. The Morgan fingerprint density at radius 2 is 1.87 bits per heavy atom. The molecule has 0 saturated carbocycles. The first-order valence-electron chi connectivity index (χ1n) is 7.47. The van der Waals surface area contributed by atoms with Gasteiger partial charge in [0.2, 0.25) is 5.91 Å². The second-order valence-electron chi connectivity index (χ2n) is 4.99. The highest BCUT2D eigenvalue weighted by atomic mass is 35.5. The van der Waals surface area contributed by atoms with Gasteiger partial charge in [-0.15, -0.1) is 12.4 Å². The summed E-state index contributed by atoms with van der Waals surface area (Å²) in [6.45, 7) is 6.57. The molecule has 1 atom stereocenters. The molecule has 0 aliphatic carbocycles. The SMILES string of the molecule is CCCN(CC(=O)O)C(C)C(=O)Nc1ccc(OCC)cc1.Cl. The van der Waals surface area contributed by atoms with Crippen LogP contribution in [0.5, 0.6) is 5.75 Å². The van der Waals surface area contributed by atoms with E-state index in [0.29, 0.717) is 18.8 Å². The first kappa shape index (κ1) is 21.2. The molecule has 23 heavy (non-hydrogen) atoms. The van der Waals surface area contributed by atoms with Crippen molar-refractivity contribution in [2.24, 2.45) is 0 Å². The van der Waals surface area contributed by atoms with Gasteiger partial charge in [0.15, 0.2) is 0 Å². The van der Waals surface area contributed by atoms with Gasteiger partial charge in [-0.1, -0.05) is 6.92 Å². The van der Waals surface area contributed by atoms with Crippen molar-refractivity contribution in [3.8, 4) is 5.75 Å². The van der Waals surface area contributed by atoms with Crippen LogP contribution in [-0.2, 0) is 9.59 Å². The molecule has 1 amide bonds. The van der Waals surface area contributed by atoms with Gasteiger partial charge in [-0.3, -0.25) is 14.5 Å². The van der Waals surface area contributed by atoms with Crippen molar-refractivity contribution in [2.45, 2.75) is 33.2 Å². The van der Waals surface area contributed by atoms with E-state index in [1.54, 1.807) is 36.1 Å². The largest absolute Gasteiger partial charge is 0.494 e. The fraction of sp³-hybridized carbons (Fsp3) is 0.500. The number of aliphatic carboxylic acids is 1. The van der Waals surface area contributed by atoms with Gasteiger partial charge >= 0.3 is 5.97 Å². The third-order valence-electron chi connectivity index (χ3n) is 3.21. The molecule has 1 unspecified atom stereocenters. The fourth-order valence-corrected chi connectivity index (χ4v) is 2.08. The number of halogens is 1. The van der Waals surface area contributed by atoms with Crippen LogP contribution in [0.3, 0.4) is 0 Å². The number of benzene rings is 1. The molecular weight excluding hydrogens is 320 g/mol. The topological polar surface area (TPSA) is 78.9 Å². The first-order chi connectivity index (χ1) is 10.5. The number of amides is 1. The van der Waals surface area contributed by atoms with Crippen LogP contribution in [0.4, 0.5) is 5.69 Å². The number of anilines is 1. The molecule has 0 aliphatic heterocycles. The van der Waals surface area contributed by atoms with Gasteiger partial charge in [-0.2, -0.15) is 0 Å². The Hall–Kier alpha value is -1.79. The number of nitrogens with one attached hydrogen (secondary N) is 1. The Balaban J connectivity index is 0.00000484. The van der Waals surface area contributed by atoms with E-state index in [-0.39, 0.29) is 24.9 Å². The van der Waals surface area contributed by atoms with Crippen molar-refractivity contribution in [3.05, 3.63) is 24.3 Å². The fourth-order valence-electron chi connectivity index (χ4n) is 2.08. The molecule has 1 aromatic carbocycles. The molecule has 7 heteroatoms. The van der Waals surface area contributed by atoms with E-state index < -0.39 is 12.0 Å². The lowest BCUT2D eigenvalue weighted by Gasteiger charge is -2.26. The zero-order valence-corrected chi connectivity index (χ0v) is 14.6. The third kappa shape index (κ3) is 7.34. The van der Waals surface area contributed by atoms with Crippen LogP contribution >= 0.6 is 12.4 Å². The van der Waals surface area contributed by atoms with E-state index in [4.69, 9.17) is 9.84 Å². The van der Waals surface area contributed by atoms with Crippen LogP contribution in [-0.4, -0.2) is 47.6 Å². The van der Waals surface area contributed by atoms with Gasteiger partial charge in [0, 0.05) is 5.69 Å². The van der Waals surface area contributed by atoms with E-state index >= 15 is 0 Å². The molecule has 6 nitrogen and oxygen atoms in total. The van der Waals surface area contributed by atoms with Gasteiger partial charge in [-0.05, 0) is 51.1 Å². The van der Waals surface area contributed by atoms with Crippen LogP contribution in [0.15, 0.2) is 24.3 Å². The zero-order valence-electron chi connectivity index (χ0n) is 13.7. The van der Waals surface area contributed by atoms with Crippen molar-refractivity contribution in [1.29, 1.82) is 0 Å². The van der Waals surface area contributed by atoms with E-state index in [9.17, 15) is 9.59 Å². The molecule has 0 heterocycles. The predicted octanol–water partition coefficient (Wildman–Crippen LogP) is 2.63. The summed E-state index contributed by atoms with van der Waals surface area (Å²) in [5, 5.41) is 11.7. The molecule has 0 radical (unpaired) electrons. The van der Waals surface area contributed by atoms with Gasteiger partial charge in [0.05, 0.1) is 19.2 Å². The lowest BCUT2D eigenvalue weighted by molar-refractivity contribution is -0.139. The van der Waals surface area contributed by atoms with E-state index in [1.807, 2.05) is 13.8 Å². The van der Waals surface area contributed by atoms with Crippen molar-refractivity contribution in [2.75, 3.05) is 25.0 Å². The average molecular weight is 345 g/mol. The smallest absolute Gasteiger partial charge is 0.317 e. The Bertz CT molecular complexity index is 493. The van der Waals surface area contributed by atoms with Crippen LogP contribution in [0.1, 0.15) is 27.2 Å². The first-order valence-corrected chi connectivity index (χ1v) is 7.47. The molecule has 0 spiro atoms. The maximum absolute atomic E-state index is 12.2. The summed E-state index contributed by atoms with van der Waals surface area (Å²) < 4.78 is 5.34. The highest BCUT2D eigenvalue weighted by Crippen LogP contribution is 2.16. The molecule has 0 bridgehead atoms. The van der Waals surface area contributed by atoms with E-state index in [0.717, 1.165) is 12.2 Å². The van der Waals surface area contributed by atoms with Crippen molar-refractivity contribution >= 4 is 30.0 Å². The number of rotatable bonds is 9. The molecule has 0 fully saturated rings. The Morgan fingerprint density at radius 1 is 1.26 bits per heavy atom. The molecule has 0 aromatic heterocycles. The summed E-state index contributed by atoms with van der Waals surface area (Å²) in [5.41, 5.74) is 0.659. The molecule has 1 aromatic rings. The minimum atomic E-state index is -0.936. The van der Waals surface area contributed by atoms with Crippen molar-refractivity contribution in [3.63, 3.8) is 0 Å². The molecule has 1 rings (SSSR count). The van der Waals surface area contributed by atoms with E-state index in [2.05, 4.69) is 5.32 Å². The second-order valence-corrected chi connectivity index (χ2v) is 4.99. The molecule has 0 aliphatic rings. The molecule has 130 valence electrons. The number of carboxylic acids is 1. The van der Waals surface area contributed by atoms with Gasteiger partial charge in [0.1, 0.15) is 5.75 Å². The van der Waals surface area contributed by atoms with Gasteiger partial charge in [-0.25, -0.2) is 0 Å². The van der Waals surface area contributed by atoms with Crippen LogP contribution in [0.25, 0.3) is 0 Å². The highest BCUT2D eigenvalue weighted by molar-refractivity contribution is 5.94. The summed E-state index contributed by atoms with van der Waals surface area (Å²) in [4.78, 5) is 24.8. The molecule has 2 N–H and O–H groups in total. The standard InChI is InChI=1S/C16H24N2O4.ClH/c1-4-10-18(11-15(19)20)12(3)16(21)17-13-6-8-14(9-7-13)22-5-2;/h6-9,12H,4-5,10-11H2,1-3H3,(H,17,21)(H,19,20);1H. The number of nitrogens with zero attached hydrogens (tertiary/aromatic N) is 1. The second kappa shape index (κ2) is 10.9. The quantitative estimate of drug-likeness (QED) is 0.720. The minimum Gasteiger partial charge on any atom is -0.494 e. The van der Waals surface area contributed by atoms with Gasteiger partial charge < -0.3 is 15.2 Å². The number of hydrogen-bond donors (Lipinski definition) is 2. The summed E-state index contributed by atoms with van der Waals surface area (Å²) in [6, 6.07) is 6.58. The maximum Gasteiger partial charge on any atom is 0.317 e. The summed E-state index contributed by atoms with van der Waals surface area (Å²) in [6.07, 6.45) is 0.786. The zero-order chi connectivity index (χ0) is 16.5. The Morgan fingerprint density at radius 3 is 2.35 bits per heavy atom. The number of carboxylic acid groups (broad SMARTS) is 1. The summed E-state index contributed by atoms with van der Waals surface area (Å²) >= 11 is 0. The Labute approximate surface area is 143 Å². The predicted molar refractivity (Wildman–Crippen MR) is 92.5 cm³/mol. The Kier molecular flexibility index (Phi) is 10.0. The third-order valence-corrected chi connectivity index (χ3v) is 3.21. The summed E-state index contributed by atoms with van der Waals surface area (Å²) in [5.74, 6) is -0.417. The monoisotopic (exact) mass is 344 g/mol. The highest BCUT2D eigenvalue weighted by Gasteiger charge is 2.22. The lowest BCUT2D eigenvalue weighted by atomic mass is 10.2. The number of carbonyl (C=O) groups excluding carboxylic acids is 1. The normalized spacial score (nSPS) is 11.5. The van der Waals surface area contributed by atoms with Crippen LogP contribution in [0, 0.1) is 0 Å². The molecule has 0 saturated heterocycles. The van der Waals surface area contributed by atoms with Gasteiger partial charge in [0.25, 0.3) is 0 Å². The number of ether oxygens (including phenoxy) is 1. The average Bonchev–Trinajstić information content (AvgIpc) is 2.48. The maximum atomic E-state index is 12.2. The number of carbonyl (C=O) groups is 2. The van der Waals surface area contributed by atoms with Crippen molar-refractivity contribution < 1.29 is 19.4 Å². The summed E-state index contributed by atoms with van der Waals surface area (Å²) in [7, 11) is 0. The molecular formula is C16H25ClN2O4. The van der Waals surface area contributed by atoms with E-state index in [1.165, 1.54) is 0 Å². The lowest BCUT2D eigenvalue weighted by Crippen LogP contribution is -2.44.